The molecule has 5 fully saturated rings. The van der Waals surface area contributed by atoms with Crippen molar-refractivity contribution < 1.29 is 59.9 Å². The maximum atomic E-state index is 13.6. The van der Waals surface area contributed by atoms with Gasteiger partial charge in [-0.3, -0.25) is 4.79 Å². The van der Waals surface area contributed by atoms with Crippen molar-refractivity contribution in [3.8, 4) is 0 Å². The van der Waals surface area contributed by atoms with E-state index in [9.17, 15) is 45.6 Å². The third-order valence-electron chi connectivity index (χ3n) is 15.5. The third kappa shape index (κ3) is 5.02. The van der Waals surface area contributed by atoms with E-state index >= 15 is 0 Å². The Morgan fingerprint density at radius 3 is 2.16 bits per heavy atom. The second kappa shape index (κ2) is 12.5. The normalized spacial score (nSPS) is 51.7. The van der Waals surface area contributed by atoms with Crippen LogP contribution in [0.3, 0.4) is 0 Å². The minimum absolute atomic E-state index is 0.0201. The van der Waals surface area contributed by atoms with Gasteiger partial charge in [0.05, 0.1) is 45.2 Å². The Balaban J connectivity index is 1.38. The van der Waals surface area contributed by atoms with Gasteiger partial charge in [-0.1, -0.05) is 46.3 Å². The van der Waals surface area contributed by atoms with Gasteiger partial charge in [0.25, 0.3) is 0 Å². The van der Waals surface area contributed by atoms with Crippen LogP contribution in [0.25, 0.3) is 0 Å². The van der Waals surface area contributed by atoms with Gasteiger partial charge in [-0.2, -0.15) is 0 Å². The minimum atomic E-state index is -1.70. The monoisotopic (exact) mass is 696 g/mol. The number of ether oxygens (including phenoxy) is 3. The highest BCUT2D eigenvalue weighted by atomic mass is 16.7. The Morgan fingerprint density at radius 1 is 0.878 bits per heavy atom. The van der Waals surface area contributed by atoms with Crippen LogP contribution in [0.1, 0.15) is 86.0 Å². The van der Waals surface area contributed by atoms with Crippen molar-refractivity contribution in [1.29, 1.82) is 0 Å². The lowest BCUT2D eigenvalue weighted by Gasteiger charge is -2.72. The Kier molecular flexibility index (Phi) is 9.55. The largest absolute Gasteiger partial charge is 0.468 e. The second-order valence-electron chi connectivity index (χ2n) is 18.0. The Morgan fingerprint density at radius 2 is 1.55 bits per heavy atom. The van der Waals surface area contributed by atoms with Crippen LogP contribution in [0.2, 0.25) is 0 Å². The quantitative estimate of drug-likeness (QED) is 0.111. The van der Waals surface area contributed by atoms with Gasteiger partial charge < -0.3 is 55.1 Å². The number of aliphatic hydroxyl groups excluding tert-OH is 8. The molecule has 49 heavy (non-hydrogen) atoms. The van der Waals surface area contributed by atoms with E-state index in [1.54, 1.807) is 0 Å². The molecule has 5 unspecified atom stereocenters. The summed E-state index contributed by atoms with van der Waals surface area (Å²) in [5, 5.41) is 87.4. The number of hydrogen-bond acceptors (Lipinski definition) is 12. The van der Waals surface area contributed by atoms with Gasteiger partial charge in [0, 0.05) is 5.41 Å². The number of fused-ring (bicyclic) bond motifs is 7. The van der Waals surface area contributed by atoms with E-state index in [1.165, 1.54) is 12.7 Å². The van der Waals surface area contributed by atoms with E-state index in [2.05, 4.69) is 40.7 Å². The number of allylic oxidation sites excluding steroid dienone is 2. The molecular weight excluding hydrogens is 636 g/mol. The van der Waals surface area contributed by atoms with E-state index in [0.717, 1.165) is 12.8 Å². The Bertz CT molecular complexity index is 1300. The van der Waals surface area contributed by atoms with E-state index in [1.807, 2.05) is 0 Å². The van der Waals surface area contributed by atoms with Crippen LogP contribution >= 0.6 is 0 Å². The van der Waals surface area contributed by atoms with Crippen LogP contribution in [0.4, 0.5) is 0 Å². The average molecular weight is 697 g/mol. The van der Waals surface area contributed by atoms with Crippen LogP contribution in [-0.2, 0) is 19.0 Å². The van der Waals surface area contributed by atoms with Gasteiger partial charge in [-0.05, 0) is 90.8 Å². The summed E-state index contributed by atoms with van der Waals surface area (Å²) in [5.74, 6) is -0.880. The lowest BCUT2D eigenvalue weighted by atomic mass is 9.33. The highest BCUT2D eigenvalue weighted by molar-refractivity contribution is 5.79. The first-order valence-electron chi connectivity index (χ1n) is 18.2. The number of aliphatic hydroxyl groups is 8. The number of hydrogen-bond donors (Lipinski definition) is 8. The lowest BCUT2D eigenvalue weighted by Crippen LogP contribution is -2.71. The first-order chi connectivity index (χ1) is 22.9. The summed E-state index contributed by atoms with van der Waals surface area (Å²) in [6.07, 6.45) is -4.02. The topological polar surface area (TPSA) is 207 Å². The molecule has 0 aromatic heterocycles. The second-order valence-corrected chi connectivity index (χ2v) is 18.0. The van der Waals surface area contributed by atoms with Gasteiger partial charge in [-0.25, -0.2) is 0 Å². The molecule has 0 aromatic carbocycles. The Hall–Kier alpha value is -1.19. The predicted octanol–water partition coefficient (Wildman–Crippen LogP) is 1.03. The Labute approximate surface area is 289 Å². The van der Waals surface area contributed by atoms with E-state index in [-0.39, 0.29) is 41.0 Å². The SMILES string of the molecule is COC(=O)[C@]12CCC(C)(C)C[C@H]1C1=CC[C@@H]3[C@@]4(C)C[C@H](O)[C@H](OC5OC(CO)C(O)C(O)C5O)C(CO)(CO)[C@@H]4CC[C@@]3(C)[C@]1(C)C[C@H]2O. The molecule has 0 radical (unpaired) electrons. The van der Waals surface area contributed by atoms with Gasteiger partial charge >= 0.3 is 5.97 Å². The highest BCUT2D eigenvalue weighted by Crippen LogP contribution is 2.76. The van der Waals surface area contributed by atoms with Crippen molar-refractivity contribution in [2.75, 3.05) is 26.9 Å². The number of esters is 1. The van der Waals surface area contributed by atoms with E-state index < -0.39 is 90.5 Å². The van der Waals surface area contributed by atoms with Crippen molar-refractivity contribution in [3.63, 3.8) is 0 Å². The van der Waals surface area contributed by atoms with Crippen LogP contribution in [0, 0.1) is 50.2 Å². The van der Waals surface area contributed by atoms with E-state index in [4.69, 9.17) is 14.2 Å². The summed E-state index contributed by atoms with van der Waals surface area (Å²) in [5.41, 5.74) is -2.62. The molecule has 0 spiro atoms. The zero-order valence-corrected chi connectivity index (χ0v) is 29.9. The fourth-order valence-corrected chi connectivity index (χ4v) is 12.6. The summed E-state index contributed by atoms with van der Waals surface area (Å²) in [7, 11) is 1.40. The predicted molar refractivity (Wildman–Crippen MR) is 175 cm³/mol. The average Bonchev–Trinajstić information content (AvgIpc) is 3.05. The molecule has 12 nitrogen and oxygen atoms in total. The number of rotatable bonds is 6. The van der Waals surface area contributed by atoms with Crippen molar-refractivity contribution in [2.45, 2.75) is 135 Å². The van der Waals surface area contributed by atoms with Crippen molar-refractivity contribution in [3.05, 3.63) is 11.6 Å². The van der Waals surface area contributed by atoms with Crippen molar-refractivity contribution in [2.24, 2.45) is 50.2 Å². The molecule has 4 saturated carbocycles. The van der Waals surface area contributed by atoms with Crippen molar-refractivity contribution >= 4 is 5.97 Å². The van der Waals surface area contributed by atoms with Crippen molar-refractivity contribution in [1.82, 2.24) is 0 Å². The minimum Gasteiger partial charge on any atom is -0.468 e. The van der Waals surface area contributed by atoms with Crippen LogP contribution in [-0.4, -0.2) is 123 Å². The van der Waals surface area contributed by atoms with Gasteiger partial charge in [0.2, 0.25) is 0 Å². The van der Waals surface area contributed by atoms with Crippen LogP contribution in [0.15, 0.2) is 11.6 Å². The molecule has 6 aliphatic rings. The van der Waals surface area contributed by atoms with Gasteiger partial charge in [0.1, 0.15) is 29.8 Å². The number of carbonyl (C=O) groups is 1. The zero-order valence-electron chi connectivity index (χ0n) is 29.9. The first kappa shape index (κ1) is 37.6. The molecule has 12 heteroatoms. The summed E-state index contributed by atoms with van der Waals surface area (Å²) in [6, 6.07) is 0. The highest BCUT2D eigenvalue weighted by Gasteiger charge is 2.73. The molecule has 280 valence electrons. The third-order valence-corrected chi connectivity index (χ3v) is 15.5. The molecule has 0 aromatic rings. The standard InChI is InChI=1S/C37H60O12/c1-32(2)11-12-37(31(46)47-6)20(13-32)19-7-8-23-33(3)14-21(41)29(49-30-28(45)27(44)26(43)22(16-38)48-30)36(17-39,18-40)24(33)9-10-34(23,4)35(19,5)15-25(37)42/h7,20-30,38-45H,8-18H2,1-6H3/t20-,21-,22?,23+,24+,25+,26?,27?,28?,29-,30?,33+,34+,35+,37+/m0/s1. The molecule has 0 amide bonds. The summed E-state index contributed by atoms with van der Waals surface area (Å²) in [4.78, 5) is 13.6. The van der Waals surface area contributed by atoms with Gasteiger partial charge in [-0.15, -0.1) is 0 Å². The number of carbonyl (C=O) groups excluding carboxylic acids is 1. The molecule has 0 bridgehead atoms. The zero-order chi connectivity index (χ0) is 36.1. The maximum absolute atomic E-state index is 13.6. The fourth-order valence-electron chi connectivity index (χ4n) is 12.6. The smallest absolute Gasteiger partial charge is 0.315 e. The maximum Gasteiger partial charge on any atom is 0.315 e. The molecule has 15 atom stereocenters. The molecule has 8 N–H and O–H groups in total. The van der Waals surface area contributed by atoms with Gasteiger partial charge in [0.15, 0.2) is 6.29 Å². The molecule has 1 saturated heterocycles. The summed E-state index contributed by atoms with van der Waals surface area (Å²) < 4.78 is 17.2. The van der Waals surface area contributed by atoms with Crippen LogP contribution in [0.5, 0.6) is 0 Å². The molecule has 5 aliphatic carbocycles. The first-order valence-corrected chi connectivity index (χ1v) is 18.2. The summed E-state index contributed by atoms with van der Waals surface area (Å²) in [6.45, 7) is 9.38. The molecule has 1 heterocycles. The lowest BCUT2D eigenvalue weighted by molar-refractivity contribution is -0.349. The summed E-state index contributed by atoms with van der Waals surface area (Å²) >= 11 is 0. The fraction of sp³-hybridized carbons (Fsp3) is 0.919. The molecule has 6 rings (SSSR count). The molecular formula is C37H60O12. The number of methoxy groups -OCH3 is 1. The van der Waals surface area contributed by atoms with E-state index in [0.29, 0.717) is 32.1 Å². The van der Waals surface area contributed by atoms with Crippen LogP contribution < -0.4 is 0 Å². The molecule has 1 aliphatic heterocycles.